The van der Waals surface area contributed by atoms with Crippen LogP contribution in [0.15, 0.2) is 18.5 Å². The van der Waals surface area contributed by atoms with Crippen LogP contribution < -0.4 is 4.90 Å². The lowest BCUT2D eigenvalue weighted by Gasteiger charge is -2.45. The molecule has 1 amide bonds. The maximum Gasteiger partial charge on any atom is 0.258 e. The predicted octanol–water partition coefficient (Wildman–Crippen LogP) is 3.31. The number of nitrogens with one attached hydrogen (secondary N) is 1. The van der Waals surface area contributed by atoms with Crippen molar-refractivity contribution in [2.75, 3.05) is 38.3 Å². The topological polar surface area (TPSA) is 55.5 Å². The van der Waals surface area contributed by atoms with Gasteiger partial charge in [-0.25, -0.2) is 4.98 Å². The van der Waals surface area contributed by atoms with Crippen LogP contribution in [0, 0.1) is 5.92 Å². The summed E-state index contributed by atoms with van der Waals surface area (Å²) < 4.78 is 0. The first-order valence-electron chi connectivity index (χ1n) is 10.3. The van der Waals surface area contributed by atoms with E-state index in [1.54, 1.807) is 6.20 Å². The van der Waals surface area contributed by atoms with E-state index in [4.69, 9.17) is 0 Å². The number of aromatic amines is 1. The second-order valence-corrected chi connectivity index (χ2v) is 8.06. The fraction of sp³-hybridized carbons (Fsp3) is 0.619. The molecule has 0 bridgehead atoms. The van der Waals surface area contributed by atoms with Gasteiger partial charge in [0.15, 0.2) is 0 Å². The van der Waals surface area contributed by atoms with Gasteiger partial charge in [0.1, 0.15) is 5.65 Å². The van der Waals surface area contributed by atoms with Gasteiger partial charge in [0.05, 0.1) is 17.9 Å². The average Bonchev–Trinajstić information content (AvgIpc) is 3.18. The van der Waals surface area contributed by atoms with Crippen LogP contribution in [-0.4, -0.2) is 65.1 Å². The van der Waals surface area contributed by atoms with Crippen LogP contribution in [0.2, 0.25) is 0 Å². The maximum absolute atomic E-state index is 12.9. The third kappa shape index (κ3) is 3.31. The number of aromatic nitrogens is 2. The van der Waals surface area contributed by atoms with E-state index < -0.39 is 0 Å². The first-order chi connectivity index (χ1) is 13.1. The zero-order valence-electron chi connectivity index (χ0n) is 16.7. The summed E-state index contributed by atoms with van der Waals surface area (Å²) in [7, 11) is 2.22. The predicted molar refractivity (Wildman–Crippen MR) is 109 cm³/mol. The SMILES string of the molecule is CCN(C)CC1CCC(N2CN(CC)C(=O)c3cnc4[nH]ccc4c32)CC1. The molecule has 1 saturated carbocycles. The minimum absolute atomic E-state index is 0.109. The van der Waals surface area contributed by atoms with Crippen molar-refractivity contribution in [2.24, 2.45) is 5.92 Å². The molecule has 0 aromatic carbocycles. The number of hydrogen-bond acceptors (Lipinski definition) is 4. The van der Waals surface area contributed by atoms with Crippen molar-refractivity contribution < 1.29 is 4.79 Å². The first-order valence-corrected chi connectivity index (χ1v) is 10.3. The number of carbonyl (C=O) groups excluding carboxylic acids is 1. The highest BCUT2D eigenvalue weighted by atomic mass is 16.2. The van der Waals surface area contributed by atoms with Crippen LogP contribution in [0.5, 0.6) is 0 Å². The molecule has 0 radical (unpaired) electrons. The minimum atomic E-state index is 0.109. The average molecular weight is 370 g/mol. The van der Waals surface area contributed by atoms with E-state index >= 15 is 0 Å². The quantitative estimate of drug-likeness (QED) is 0.878. The lowest BCUT2D eigenvalue weighted by Crippen LogP contribution is -2.51. The summed E-state index contributed by atoms with van der Waals surface area (Å²) in [6.45, 7) is 8.02. The normalized spacial score (nSPS) is 23.3. The van der Waals surface area contributed by atoms with Gasteiger partial charge in [-0.1, -0.05) is 6.92 Å². The fourth-order valence-corrected chi connectivity index (χ4v) is 4.70. The van der Waals surface area contributed by atoms with Gasteiger partial charge in [-0.3, -0.25) is 4.79 Å². The van der Waals surface area contributed by atoms with E-state index in [0.717, 1.165) is 41.3 Å². The molecule has 0 atom stereocenters. The number of rotatable bonds is 5. The summed E-state index contributed by atoms with van der Waals surface area (Å²) in [4.78, 5) is 27.4. The van der Waals surface area contributed by atoms with Gasteiger partial charge >= 0.3 is 0 Å². The van der Waals surface area contributed by atoms with Gasteiger partial charge in [0.25, 0.3) is 5.91 Å². The van der Waals surface area contributed by atoms with E-state index in [1.165, 1.54) is 32.2 Å². The number of pyridine rings is 1. The van der Waals surface area contributed by atoms with Gasteiger partial charge < -0.3 is 19.7 Å². The zero-order chi connectivity index (χ0) is 19.0. The molecule has 2 aromatic rings. The molecule has 2 aliphatic rings. The number of H-pyrrole nitrogens is 1. The third-order valence-corrected chi connectivity index (χ3v) is 6.43. The molecule has 1 aliphatic carbocycles. The summed E-state index contributed by atoms with van der Waals surface area (Å²) in [5, 5.41) is 1.07. The van der Waals surface area contributed by atoms with E-state index in [-0.39, 0.29) is 5.91 Å². The van der Waals surface area contributed by atoms with Crippen molar-refractivity contribution in [1.82, 2.24) is 19.8 Å². The number of carbonyl (C=O) groups is 1. The number of fused-ring (bicyclic) bond motifs is 3. The van der Waals surface area contributed by atoms with E-state index in [1.807, 2.05) is 11.1 Å². The van der Waals surface area contributed by atoms with Crippen LogP contribution in [-0.2, 0) is 0 Å². The van der Waals surface area contributed by atoms with Gasteiger partial charge in [-0.15, -0.1) is 0 Å². The largest absolute Gasteiger partial charge is 0.349 e. The number of amides is 1. The van der Waals surface area contributed by atoms with Crippen LogP contribution in [0.3, 0.4) is 0 Å². The molecule has 27 heavy (non-hydrogen) atoms. The summed E-state index contributed by atoms with van der Waals surface area (Å²) >= 11 is 0. The number of hydrogen-bond donors (Lipinski definition) is 1. The molecule has 1 fully saturated rings. The molecule has 0 saturated heterocycles. The molecule has 4 rings (SSSR count). The number of nitrogens with zero attached hydrogens (tertiary/aromatic N) is 4. The molecule has 1 aliphatic heterocycles. The third-order valence-electron chi connectivity index (χ3n) is 6.43. The molecule has 6 nitrogen and oxygen atoms in total. The Bertz CT molecular complexity index is 808. The molecule has 0 spiro atoms. The van der Waals surface area contributed by atoms with Crippen molar-refractivity contribution >= 4 is 22.6 Å². The van der Waals surface area contributed by atoms with Gasteiger partial charge in [0, 0.05) is 36.9 Å². The molecule has 0 unspecified atom stereocenters. The van der Waals surface area contributed by atoms with Crippen LogP contribution in [0.1, 0.15) is 49.9 Å². The second kappa shape index (κ2) is 7.50. The van der Waals surface area contributed by atoms with E-state index in [2.05, 4.69) is 46.7 Å². The molecular formula is C21H31N5O. The van der Waals surface area contributed by atoms with Crippen LogP contribution in [0.25, 0.3) is 11.0 Å². The highest BCUT2D eigenvalue weighted by Crippen LogP contribution is 2.38. The lowest BCUT2D eigenvalue weighted by molar-refractivity contribution is 0.0740. The molecule has 6 heteroatoms. The summed E-state index contributed by atoms with van der Waals surface area (Å²) in [5.74, 6) is 0.904. The van der Waals surface area contributed by atoms with Crippen molar-refractivity contribution in [2.45, 2.75) is 45.6 Å². The fourth-order valence-electron chi connectivity index (χ4n) is 4.70. The Kier molecular flexibility index (Phi) is 5.08. The second-order valence-electron chi connectivity index (χ2n) is 8.06. The smallest absolute Gasteiger partial charge is 0.258 e. The van der Waals surface area contributed by atoms with Crippen LogP contribution in [0.4, 0.5) is 5.69 Å². The van der Waals surface area contributed by atoms with Crippen molar-refractivity contribution in [1.29, 1.82) is 0 Å². The Morgan fingerprint density at radius 3 is 2.74 bits per heavy atom. The maximum atomic E-state index is 12.9. The molecule has 3 heterocycles. The Morgan fingerprint density at radius 2 is 2.04 bits per heavy atom. The van der Waals surface area contributed by atoms with Crippen molar-refractivity contribution in [3.05, 3.63) is 24.0 Å². The Labute approximate surface area is 161 Å². The monoisotopic (exact) mass is 369 g/mol. The van der Waals surface area contributed by atoms with Gasteiger partial charge in [0.2, 0.25) is 0 Å². The summed E-state index contributed by atoms with van der Waals surface area (Å²) in [5.41, 5.74) is 2.71. The van der Waals surface area contributed by atoms with Gasteiger partial charge in [-0.2, -0.15) is 0 Å². The highest BCUT2D eigenvalue weighted by molar-refractivity contribution is 6.08. The summed E-state index contributed by atoms with van der Waals surface area (Å²) in [6, 6.07) is 2.56. The molecule has 2 aromatic heterocycles. The Morgan fingerprint density at radius 1 is 1.26 bits per heavy atom. The standard InChI is InChI=1S/C21H31N5O/c1-4-24(3)13-15-6-8-16(9-7-15)26-14-25(5-2)21(27)18-12-23-20-17(19(18)26)10-11-22-20/h10-12,15-16H,4-9,13-14H2,1-3H3,(H,22,23). The molecule has 146 valence electrons. The Hall–Kier alpha value is -2.08. The Balaban J connectivity index is 1.61. The van der Waals surface area contributed by atoms with Crippen LogP contribution >= 0.6 is 0 Å². The lowest BCUT2D eigenvalue weighted by atomic mass is 9.84. The number of anilines is 1. The van der Waals surface area contributed by atoms with Gasteiger partial charge in [-0.05, 0) is 58.2 Å². The molecule has 1 N–H and O–H groups in total. The molecular weight excluding hydrogens is 338 g/mol. The van der Waals surface area contributed by atoms with Crippen molar-refractivity contribution in [3.63, 3.8) is 0 Å². The summed E-state index contributed by atoms with van der Waals surface area (Å²) in [6.07, 6.45) is 8.60. The zero-order valence-corrected chi connectivity index (χ0v) is 16.7. The van der Waals surface area contributed by atoms with Crippen molar-refractivity contribution in [3.8, 4) is 0 Å². The van der Waals surface area contributed by atoms with E-state index in [0.29, 0.717) is 12.7 Å². The van der Waals surface area contributed by atoms with E-state index in [9.17, 15) is 4.79 Å². The minimum Gasteiger partial charge on any atom is -0.349 e. The highest BCUT2D eigenvalue weighted by Gasteiger charge is 2.36. The first kappa shape index (κ1) is 18.3.